The van der Waals surface area contributed by atoms with Crippen molar-refractivity contribution >= 4 is 0 Å². The molecular weight excluding hydrogens is 155 g/mol. The fraction of sp³-hybridized carbons (Fsp3) is 1.00. The monoisotopic (exact) mass is 168 g/mol. The predicted molar refractivity (Wildman–Crippen MR) is 35.2 cm³/mol. The Balaban J connectivity index is 3.20. The summed E-state index contributed by atoms with van der Waals surface area (Å²) in [5, 5.41) is 2.90. The summed E-state index contributed by atoms with van der Waals surface area (Å²) in [5.74, 6) is 0. The third-order valence-corrected chi connectivity index (χ3v) is 1.10. The van der Waals surface area contributed by atoms with Gasteiger partial charge in [-0.2, -0.15) is 0 Å². The zero-order valence-corrected chi connectivity index (χ0v) is 6.71. The van der Waals surface area contributed by atoms with Gasteiger partial charge in [-0.15, -0.1) is 0 Å². The van der Waals surface area contributed by atoms with Crippen LogP contribution in [0.2, 0.25) is 0 Å². The molecular formula is C6H13FO4. The highest BCUT2D eigenvalue weighted by molar-refractivity contribution is 4.40. The molecule has 0 spiro atoms. The van der Waals surface area contributed by atoms with E-state index in [4.69, 9.17) is 9.47 Å². The maximum absolute atomic E-state index is 10.9. The minimum atomic E-state index is -0.352. The van der Waals surface area contributed by atoms with E-state index in [0.29, 0.717) is 13.0 Å². The Morgan fingerprint density at radius 1 is 1.45 bits per heavy atom. The van der Waals surface area contributed by atoms with Crippen molar-refractivity contribution < 1.29 is 24.0 Å². The molecule has 0 saturated heterocycles. The molecule has 68 valence electrons. The topological polar surface area (TPSA) is 36.9 Å². The van der Waals surface area contributed by atoms with Crippen LogP contribution in [-0.2, 0) is 19.5 Å². The molecule has 0 aliphatic heterocycles. The Morgan fingerprint density at radius 3 is 2.64 bits per heavy atom. The second-order valence-corrected chi connectivity index (χ2v) is 1.79. The van der Waals surface area contributed by atoms with Crippen LogP contribution in [-0.4, -0.2) is 26.6 Å². The SMILES string of the molecule is CCOC(CCOOF)OC. The van der Waals surface area contributed by atoms with Crippen molar-refractivity contribution in [3.63, 3.8) is 0 Å². The van der Waals surface area contributed by atoms with Gasteiger partial charge in [-0.25, -0.2) is 4.89 Å². The first kappa shape index (κ1) is 10.8. The molecule has 1 unspecified atom stereocenters. The lowest BCUT2D eigenvalue weighted by atomic mass is 10.4. The number of ether oxygens (including phenoxy) is 2. The first-order valence-corrected chi connectivity index (χ1v) is 3.39. The Hall–Kier alpha value is -0.230. The minimum Gasteiger partial charge on any atom is -0.356 e. The van der Waals surface area contributed by atoms with Gasteiger partial charge < -0.3 is 9.47 Å². The maximum atomic E-state index is 10.9. The molecule has 4 nitrogen and oxygen atoms in total. The molecule has 0 amide bonds. The van der Waals surface area contributed by atoms with Gasteiger partial charge in [-0.1, -0.05) is 0 Å². The summed E-state index contributed by atoms with van der Waals surface area (Å²) in [6.07, 6.45) is 0.0870. The highest BCUT2D eigenvalue weighted by atomic mass is 19.3. The average molecular weight is 168 g/mol. The van der Waals surface area contributed by atoms with E-state index in [1.54, 1.807) is 0 Å². The lowest BCUT2D eigenvalue weighted by Crippen LogP contribution is -2.17. The van der Waals surface area contributed by atoms with Crippen LogP contribution in [0.1, 0.15) is 13.3 Å². The molecule has 0 saturated carbocycles. The zero-order chi connectivity index (χ0) is 8.53. The van der Waals surface area contributed by atoms with Crippen LogP contribution in [0.25, 0.3) is 0 Å². The molecule has 0 heterocycles. The standard InChI is InChI=1S/C6H13FO4/c1-3-9-6(8-2)4-5-10-11-7/h6H,3-5H2,1-2H3. The fourth-order valence-corrected chi connectivity index (χ4v) is 0.631. The molecule has 0 radical (unpaired) electrons. The van der Waals surface area contributed by atoms with E-state index < -0.39 is 0 Å². The van der Waals surface area contributed by atoms with Crippen LogP contribution in [0.3, 0.4) is 0 Å². The van der Waals surface area contributed by atoms with Crippen molar-refractivity contribution in [2.24, 2.45) is 0 Å². The summed E-state index contributed by atoms with van der Waals surface area (Å²) in [7, 11) is 1.51. The third-order valence-electron chi connectivity index (χ3n) is 1.10. The number of methoxy groups -OCH3 is 1. The van der Waals surface area contributed by atoms with E-state index in [0.717, 1.165) is 0 Å². The van der Waals surface area contributed by atoms with Crippen LogP contribution in [0.4, 0.5) is 4.53 Å². The van der Waals surface area contributed by atoms with Gasteiger partial charge in [0.15, 0.2) is 6.29 Å². The highest BCUT2D eigenvalue weighted by Crippen LogP contribution is 1.99. The fourth-order valence-electron chi connectivity index (χ4n) is 0.631. The summed E-state index contributed by atoms with van der Waals surface area (Å²) in [6.45, 7) is 2.50. The second kappa shape index (κ2) is 7.87. The lowest BCUT2D eigenvalue weighted by molar-refractivity contribution is -0.431. The Bertz CT molecular complexity index is 81.0. The van der Waals surface area contributed by atoms with Gasteiger partial charge in [-0.05, 0) is 16.5 Å². The second-order valence-electron chi connectivity index (χ2n) is 1.79. The van der Waals surface area contributed by atoms with Crippen LogP contribution < -0.4 is 0 Å². The maximum Gasteiger partial charge on any atom is 0.159 e. The van der Waals surface area contributed by atoms with Crippen LogP contribution in [0.5, 0.6) is 0 Å². The quantitative estimate of drug-likeness (QED) is 0.248. The van der Waals surface area contributed by atoms with Crippen molar-refractivity contribution in [3.05, 3.63) is 0 Å². The summed E-state index contributed by atoms with van der Waals surface area (Å²) >= 11 is 0. The molecule has 0 aromatic rings. The first-order chi connectivity index (χ1) is 5.35. The summed E-state index contributed by atoms with van der Waals surface area (Å²) in [5.41, 5.74) is 0. The third kappa shape index (κ3) is 6.18. The van der Waals surface area contributed by atoms with E-state index in [1.807, 2.05) is 6.92 Å². The number of hydrogen-bond donors (Lipinski definition) is 0. The van der Waals surface area contributed by atoms with Crippen LogP contribution in [0, 0.1) is 0 Å². The van der Waals surface area contributed by atoms with Crippen LogP contribution >= 0.6 is 0 Å². The summed E-state index contributed by atoms with van der Waals surface area (Å²) < 4.78 is 20.8. The number of rotatable bonds is 7. The van der Waals surface area contributed by atoms with E-state index >= 15 is 0 Å². The van der Waals surface area contributed by atoms with Crippen molar-refractivity contribution in [3.8, 4) is 0 Å². The van der Waals surface area contributed by atoms with Crippen molar-refractivity contribution in [1.82, 2.24) is 0 Å². The molecule has 0 N–H and O–H groups in total. The molecule has 0 bridgehead atoms. The summed E-state index contributed by atoms with van der Waals surface area (Å²) in [4.78, 5) is 3.99. The molecule has 0 aliphatic rings. The van der Waals surface area contributed by atoms with E-state index in [1.165, 1.54) is 7.11 Å². The largest absolute Gasteiger partial charge is 0.356 e. The molecule has 0 aromatic carbocycles. The smallest absolute Gasteiger partial charge is 0.159 e. The van der Waals surface area contributed by atoms with Gasteiger partial charge >= 0.3 is 0 Å². The Kier molecular flexibility index (Phi) is 7.71. The zero-order valence-electron chi connectivity index (χ0n) is 6.71. The van der Waals surface area contributed by atoms with E-state index in [9.17, 15) is 4.53 Å². The molecule has 0 fully saturated rings. The number of hydrogen-bond acceptors (Lipinski definition) is 4. The highest BCUT2D eigenvalue weighted by Gasteiger charge is 2.05. The van der Waals surface area contributed by atoms with Gasteiger partial charge in [0.2, 0.25) is 0 Å². The first-order valence-electron chi connectivity index (χ1n) is 3.39. The van der Waals surface area contributed by atoms with E-state index in [-0.39, 0.29) is 12.9 Å². The molecule has 5 heteroatoms. The van der Waals surface area contributed by atoms with Crippen molar-refractivity contribution in [1.29, 1.82) is 0 Å². The molecule has 0 rings (SSSR count). The minimum absolute atomic E-state index is 0.106. The Labute approximate surface area is 65.0 Å². The predicted octanol–water partition coefficient (Wildman–Crippen LogP) is 1.22. The van der Waals surface area contributed by atoms with Crippen LogP contribution in [0.15, 0.2) is 0 Å². The number of halogens is 1. The van der Waals surface area contributed by atoms with Gasteiger partial charge in [0.1, 0.15) is 0 Å². The molecule has 0 aliphatic carbocycles. The van der Waals surface area contributed by atoms with Gasteiger partial charge in [0.05, 0.1) is 6.61 Å². The van der Waals surface area contributed by atoms with Gasteiger partial charge in [0.25, 0.3) is 0 Å². The lowest BCUT2D eigenvalue weighted by Gasteiger charge is -2.13. The Morgan fingerprint density at radius 2 is 2.18 bits per heavy atom. The average Bonchev–Trinajstić information content (AvgIpc) is 2.03. The molecule has 1 atom stereocenters. The van der Waals surface area contributed by atoms with Gasteiger partial charge in [-0.3, -0.25) is 0 Å². The van der Waals surface area contributed by atoms with E-state index in [2.05, 4.69) is 9.98 Å². The van der Waals surface area contributed by atoms with Gasteiger partial charge in [0, 0.05) is 20.1 Å². The van der Waals surface area contributed by atoms with Crippen molar-refractivity contribution in [2.45, 2.75) is 19.6 Å². The normalized spacial score (nSPS) is 13.4. The molecule has 11 heavy (non-hydrogen) atoms. The summed E-state index contributed by atoms with van der Waals surface area (Å²) in [6, 6.07) is 0. The van der Waals surface area contributed by atoms with Crippen molar-refractivity contribution in [2.75, 3.05) is 20.3 Å². The molecule has 0 aromatic heterocycles.